The first-order chi connectivity index (χ1) is 14.0. The lowest BCUT2D eigenvalue weighted by molar-refractivity contribution is -0.179. The molecule has 4 aliphatic carbocycles. The van der Waals surface area contributed by atoms with Crippen LogP contribution >= 0.6 is 0 Å². The summed E-state index contributed by atoms with van der Waals surface area (Å²) in [6.45, 7) is 17.4. The highest BCUT2D eigenvalue weighted by Crippen LogP contribution is 2.70. The predicted molar refractivity (Wildman–Crippen MR) is 128 cm³/mol. The minimum Gasteiger partial charge on any atom is -0.393 e. The summed E-state index contributed by atoms with van der Waals surface area (Å²) in [5.74, 6) is 6.29. The van der Waals surface area contributed by atoms with E-state index in [1.54, 1.807) is 0 Å². The summed E-state index contributed by atoms with van der Waals surface area (Å²) in [5, 5.41) is 10.8. The van der Waals surface area contributed by atoms with Gasteiger partial charge >= 0.3 is 0 Å². The normalized spacial score (nSPS) is 48.7. The van der Waals surface area contributed by atoms with Crippen LogP contribution in [0.5, 0.6) is 0 Å². The average molecular weight is 417 g/mol. The zero-order valence-electron chi connectivity index (χ0n) is 21.3. The number of hydrogen-bond donors (Lipinski definition) is 1. The molecule has 0 heterocycles. The Morgan fingerprint density at radius 3 is 2.13 bits per heavy atom. The van der Waals surface area contributed by atoms with Crippen molar-refractivity contribution in [2.24, 2.45) is 57.7 Å². The molecule has 0 aromatic heterocycles. The molecular weight excluding hydrogens is 364 g/mol. The van der Waals surface area contributed by atoms with E-state index in [-0.39, 0.29) is 11.5 Å². The summed E-state index contributed by atoms with van der Waals surface area (Å²) in [5.41, 5.74) is 1.17. The smallest absolute Gasteiger partial charge is 0.0594 e. The standard InChI is InChI=1S/C29H52O/c1-19(2)9-8-10-20(3)22-12-13-23-21-11-14-25-27(4,5)26(30)16-18-29(25,7)24(21)15-17-28(22,23)6/h19-26,30H,8-18H2,1-7H3/t20-,21+,22-,23+,24+,25?,26?,28-,29-/m1/s1. The maximum Gasteiger partial charge on any atom is 0.0594 e. The zero-order valence-corrected chi connectivity index (χ0v) is 21.3. The van der Waals surface area contributed by atoms with Gasteiger partial charge < -0.3 is 5.11 Å². The average Bonchev–Trinajstić information content (AvgIpc) is 3.02. The molecular formula is C29H52O. The largest absolute Gasteiger partial charge is 0.393 e. The second kappa shape index (κ2) is 8.07. The lowest BCUT2D eigenvalue weighted by atomic mass is 9.41. The van der Waals surface area contributed by atoms with Crippen LogP contribution in [0.2, 0.25) is 0 Å². The number of hydrogen-bond acceptors (Lipinski definition) is 1. The van der Waals surface area contributed by atoms with Gasteiger partial charge in [-0.25, -0.2) is 0 Å². The molecule has 0 bridgehead atoms. The van der Waals surface area contributed by atoms with Crippen LogP contribution in [0, 0.1) is 57.7 Å². The first-order valence-electron chi connectivity index (χ1n) is 13.7. The van der Waals surface area contributed by atoms with Gasteiger partial charge in [-0.15, -0.1) is 0 Å². The van der Waals surface area contributed by atoms with Crippen molar-refractivity contribution in [3.63, 3.8) is 0 Å². The van der Waals surface area contributed by atoms with E-state index in [1.165, 1.54) is 64.2 Å². The Balaban J connectivity index is 1.50. The third-order valence-corrected chi connectivity index (χ3v) is 11.8. The maximum atomic E-state index is 10.8. The quantitative estimate of drug-likeness (QED) is 0.480. The summed E-state index contributed by atoms with van der Waals surface area (Å²) in [4.78, 5) is 0. The molecule has 0 aromatic rings. The lowest BCUT2D eigenvalue weighted by Gasteiger charge is -2.64. The van der Waals surface area contributed by atoms with E-state index in [1.807, 2.05) is 0 Å². The van der Waals surface area contributed by atoms with Crippen molar-refractivity contribution in [1.82, 2.24) is 0 Å². The van der Waals surface area contributed by atoms with E-state index in [4.69, 9.17) is 0 Å². The van der Waals surface area contributed by atoms with Crippen molar-refractivity contribution in [3.8, 4) is 0 Å². The monoisotopic (exact) mass is 416 g/mol. The van der Waals surface area contributed by atoms with Crippen LogP contribution in [0.15, 0.2) is 0 Å². The van der Waals surface area contributed by atoms with Crippen molar-refractivity contribution in [2.75, 3.05) is 0 Å². The molecule has 1 heteroatoms. The van der Waals surface area contributed by atoms with Crippen molar-refractivity contribution >= 4 is 0 Å². The Morgan fingerprint density at radius 1 is 0.767 bits per heavy atom. The Morgan fingerprint density at radius 2 is 1.43 bits per heavy atom. The molecule has 9 atom stereocenters. The highest BCUT2D eigenvalue weighted by atomic mass is 16.3. The van der Waals surface area contributed by atoms with Crippen molar-refractivity contribution < 1.29 is 5.11 Å². The highest BCUT2D eigenvalue weighted by molar-refractivity contribution is 5.12. The molecule has 0 spiro atoms. The Bertz CT molecular complexity index is 607. The molecule has 174 valence electrons. The van der Waals surface area contributed by atoms with Gasteiger partial charge in [0.05, 0.1) is 6.10 Å². The summed E-state index contributed by atoms with van der Waals surface area (Å²) in [6, 6.07) is 0. The van der Waals surface area contributed by atoms with Crippen LogP contribution in [0.1, 0.15) is 119 Å². The van der Waals surface area contributed by atoms with Crippen LogP contribution in [-0.2, 0) is 0 Å². The molecule has 4 saturated carbocycles. The molecule has 0 amide bonds. The molecule has 2 unspecified atom stereocenters. The van der Waals surface area contributed by atoms with Gasteiger partial charge in [0.25, 0.3) is 0 Å². The van der Waals surface area contributed by atoms with Gasteiger partial charge in [0.1, 0.15) is 0 Å². The Labute approximate surface area is 188 Å². The molecule has 4 aliphatic rings. The highest BCUT2D eigenvalue weighted by Gasteiger charge is 2.63. The fourth-order valence-corrected chi connectivity index (χ4v) is 10.1. The van der Waals surface area contributed by atoms with Crippen molar-refractivity contribution in [1.29, 1.82) is 0 Å². The molecule has 0 aliphatic heterocycles. The van der Waals surface area contributed by atoms with E-state index in [2.05, 4.69) is 48.5 Å². The SMILES string of the molecule is CC(C)CCC[C@@H](C)[C@H]1CC[C@H]2[C@@H]3CCC4C(C)(C)C(O)CC[C@]4(C)[C@H]3CC[C@]12C. The fourth-order valence-electron chi connectivity index (χ4n) is 10.1. The number of aliphatic hydroxyl groups excluding tert-OH is 1. The molecule has 0 radical (unpaired) electrons. The Hall–Kier alpha value is -0.0400. The van der Waals surface area contributed by atoms with Crippen molar-refractivity contribution in [3.05, 3.63) is 0 Å². The minimum absolute atomic E-state index is 0.0940. The molecule has 4 rings (SSSR count). The third kappa shape index (κ3) is 3.52. The van der Waals surface area contributed by atoms with Gasteiger partial charge in [0.2, 0.25) is 0 Å². The summed E-state index contributed by atoms with van der Waals surface area (Å²) in [6.07, 6.45) is 15.2. The lowest BCUT2D eigenvalue weighted by Crippen LogP contribution is -2.59. The van der Waals surface area contributed by atoms with Gasteiger partial charge in [0.15, 0.2) is 0 Å². The number of aliphatic hydroxyl groups is 1. The van der Waals surface area contributed by atoms with Crippen LogP contribution < -0.4 is 0 Å². The maximum absolute atomic E-state index is 10.8. The third-order valence-electron chi connectivity index (χ3n) is 11.8. The van der Waals surface area contributed by atoms with Gasteiger partial charge in [-0.05, 0) is 109 Å². The van der Waals surface area contributed by atoms with Gasteiger partial charge in [0, 0.05) is 0 Å². The molecule has 0 saturated heterocycles. The Kier molecular flexibility index (Phi) is 6.22. The van der Waals surface area contributed by atoms with Crippen molar-refractivity contribution in [2.45, 2.75) is 125 Å². The number of fused-ring (bicyclic) bond motifs is 5. The van der Waals surface area contributed by atoms with Crippen LogP contribution in [0.4, 0.5) is 0 Å². The van der Waals surface area contributed by atoms with E-state index in [0.29, 0.717) is 16.7 Å². The summed E-state index contributed by atoms with van der Waals surface area (Å²) >= 11 is 0. The van der Waals surface area contributed by atoms with Crippen LogP contribution in [-0.4, -0.2) is 11.2 Å². The van der Waals surface area contributed by atoms with Gasteiger partial charge in [-0.1, -0.05) is 67.7 Å². The molecule has 0 aromatic carbocycles. The van der Waals surface area contributed by atoms with Gasteiger partial charge in [-0.3, -0.25) is 0 Å². The van der Waals surface area contributed by atoms with Crippen LogP contribution in [0.3, 0.4) is 0 Å². The van der Waals surface area contributed by atoms with E-state index in [0.717, 1.165) is 41.9 Å². The first-order valence-corrected chi connectivity index (χ1v) is 13.7. The molecule has 1 nitrogen and oxygen atoms in total. The zero-order chi connectivity index (χ0) is 21.9. The molecule has 4 fully saturated rings. The number of rotatable bonds is 5. The van der Waals surface area contributed by atoms with E-state index >= 15 is 0 Å². The molecule has 30 heavy (non-hydrogen) atoms. The summed E-state index contributed by atoms with van der Waals surface area (Å²) < 4.78 is 0. The summed E-state index contributed by atoms with van der Waals surface area (Å²) in [7, 11) is 0. The molecule has 1 N–H and O–H groups in total. The van der Waals surface area contributed by atoms with E-state index in [9.17, 15) is 5.11 Å². The minimum atomic E-state index is -0.0940. The van der Waals surface area contributed by atoms with Gasteiger partial charge in [-0.2, -0.15) is 0 Å². The predicted octanol–water partition coefficient (Wildman–Crippen LogP) is 8.10. The first kappa shape index (κ1) is 23.1. The fraction of sp³-hybridized carbons (Fsp3) is 1.00. The van der Waals surface area contributed by atoms with E-state index < -0.39 is 0 Å². The topological polar surface area (TPSA) is 20.2 Å². The second-order valence-corrected chi connectivity index (χ2v) is 13.9. The second-order valence-electron chi connectivity index (χ2n) is 13.9. The van der Waals surface area contributed by atoms with Crippen LogP contribution in [0.25, 0.3) is 0 Å².